The van der Waals surface area contributed by atoms with E-state index < -0.39 is 23.5 Å². The Labute approximate surface area is 95.0 Å². The molecule has 7 heteroatoms. The molecule has 1 unspecified atom stereocenters. The molecule has 0 spiro atoms. The number of esters is 1. The van der Waals surface area contributed by atoms with E-state index in [1.165, 1.54) is 19.9 Å². The Bertz CT molecular complexity index is 410. The Balaban J connectivity index is 3.25. The topological polar surface area (TPSA) is 59.7 Å². The van der Waals surface area contributed by atoms with Crippen LogP contribution in [-0.2, 0) is 15.1 Å². The fraction of sp³-hybridized carbons (Fsp3) is 0.500. The van der Waals surface area contributed by atoms with Gasteiger partial charge in [-0.1, -0.05) is 0 Å². The van der Waals surface area contributed by atoms with E-state index in [0.717, 1.165) is 6.07 Å². The molecule has 0 aliphatic heterocycles. The van der Waals surface area contributed by atoms with E-state index in [2.05, 4.69) is 9.15 Å². The summed E-state index contributed by atoms with van der Waals surface area (Å²) in [6.07, 6.45) is -5.22. The SMILES string of the molecule is CCOC(=O)C(O)(c1ccc(C)o1)C(F)(F)F. The predicted octanol–water partition coefficient (Wildman–Crippen LogP) is 1.90. The van der Waals surface area contributed by atoms with Gasteiger partial charge in [0.25, 0.3) is 0 Å². The van der Waals surface area contributed by atoms with Crippen LogP contribution >= 0.6 is 0 Å². The molecule has 1 aromatic heterocycles. The third-order valence-corrected chi connectivity index (χ3v) is 2.08. The van der Waals surface area contributed by atoms with Crippen molar-refractivity contribution in [2.24, 2.45) is 0 Å². The molecule has 0 aliphatic carbocycles. The van der Waals surface area contributed by atoms with Crippen molar-refractivity contribution in [1.29, 1.82) is 0 Å². The largest absolute Gasteiger partial charge is 0.463 e. The number of alkyl halides is 3. The van der Waals surface area contributed by atoms with Crippen molar-refractivity contribution in [3.63, 3.8) is 0 Å². The van der Waals surface area contributed by atoms with Gasteiger partial charge in [-0.3, -0.25) is 0 Å². The molecule has 96 valence electrons. The molecule has 0 bridgehead atoms. The number of hydrogen-bond acceptors (Lipinski definition) is 4. The Morgan fingerprint density at radius 1 is 1.47 bits per heavy atom. The second kappa shape index (κ2) is 4.40. The minimum Gasteiger partial charge on any atom is -0.463 e. The summed E-state index contributed by atoms with van der Waals surface area (Å²) in [5, 5.41) is 9.54. The molecule has 1 aromatic rings. The van der Waals surface area contributed by atoms with Crippen molar-refractivity contribution in [3.8, 4) is 0 Å². The van der Waals surface area contributed by atoms with E-state index in [9.17, 15) is 23.1 Å². The first-order valence-corrected chi connectivity index (χ1v) is 4.76. The summed E-state index contributed by atoms with van der Waals surface area (Å²) in [7, 11) is 0. The molecule has 0 aliphatic rings. The minimum absolute atomic E-state index is 0.145. The lowest BCUT2D eigenvalue weighted by molar-refractivity contribution is -0.272. The van der Waals surface area contributed by atoms with Gasteiger partial charge in [-0.25, -0.2) is 4.79 Å². The molecule has 4 nitrogen and oxygen atoms in total. The van der Waals surface area contributed by atoms with Crippen LogP contribution in [0.15, 0.2) is 16.5 Å². The molecule has 0 radical (unpaired) electrons. The molecule has 0 saturated heterocycles. The number of halogens is 3. The third-order valence-electron chi connectivity index (χ3n) is 2.08. The highest BCUT2D eigenvalue weighted by Crippen LogP contribution is 2.40. The quantitative estimate of drug-likeness (QED) is 0.835. The lowest BCUT2D eigenvalue weighted by Crippen LogP contribution is -2.49. The number of rotatable bonds is 3. The second-order valence-corrected chi connectivity index (χ2v) is 3.34. The second-order valence-electron chi connectivity index (χ2n) is 3.34. The van der Waals surface area contributed by atoms with E-state index in [-0.39, 0.29) is 12.4 Å². The van der Waals surface area contributed by atoms with E-state index >= 15 is 0 Å². The van der Waals surface area contributed by atoms with Gasteiger partial charge in [-0.2, -0.15) is 13.2 Å². The van der Waals surface area contributed by atoms with E-state index in [0.29, 0.717) is 0 Å². The molecule has 0 saturated carbocycles. The summed E-state index contributed by atoms with van der Waals surface area (Å²) in [6, 6.07) is 2.10. The summed E-state index contributed by atoms with van der Waals surface area (Å²) in [5.74, 6) is -2.56. The normalized spacial score (nSPS) is 15.4. The molecule has 0 aromatic carbocycles. The van der Waals surface area contributed by atoms with Gasteiger partial charge in [0.1, 0.15) is 5.76 Å². The molecule has 1 atom stereocenters. The number of aryl methyl sites for hydroxylation is 1. The van der Waals surface area contributed by atoms with Gasteiger partial charge >= 0.3 is 17.7 Å². The van der Waals surface area contributed by atoms with Gasteiger partial charge in [-0.15, -0.1) is 0 Å². The monoisotopic (exact) mass is 252 g/mol. The van der Waals surface area contributed by atoms with Crippen LogP contribution in [0.3, 0.4) is 0 Å². The van der Waals surface area contributed by atoms with Crippen LogP contribution in [-0.4, -0.2) is 23.9 Å². The minimum atomic E-state index is -5.22. The first kappa shape index (κ1) is 13.6. The van der Waals surface area contributed by atoms with E-state index in [4.69, 9.17) is 0 Å². The summed E-state index contributed by atoms with van der Waals surface area (Å²) >= 11 is 0. The smallest absolute Gasteiger partial charge is 0.435 e. The molecular weight excluding hydrogens is 241 g/mol. The zero-order chi connectivity index (χ0) is 13.3. The third kappa shape index (κ3) is 2.28. The summed E-state index contributed by atoms with van der Waals surface area (Å²) in [4.78, 5) is 11.3. The highest BCUT2D eigenvalue weighted by Gasteiger charge is 2.64. The number of hydrogen-bond donors (Lipinski definition) is 1. The lowest BCUT2D eigenvalue weighted by Gasteiger charge is -2.25. The molecule has 1 N–H and O–H groups in total. The standard InChI is InChI=1S/C10H11F3O4/c1-3-16-8(14)9(15,10(11,12)13)7-5-4-6(2)17-7/h4-5,15H,3H2,1-2H3. The number of furan rings is 1. The van der Waals surface area contributed by atoms with Crippen LogP contribution in [0.2, 0.25) is 0 Å². The lowest BCUT2D eigenvalue weighted by atomic mass is 10.0. The molecule has 17 heavy (non-hydrogen) atoms. The molecule has 1 rings (SSSR count). The first-order valence-electron chi connectivity index (χ1n) is 4.76. The van der Waals surface area contributed by atoms with Crippen LogP contribution in [0.25, 0.3) is 0 Å². The van der Waals surface area contributed by atoms with Gasteiger partial charge in [0.15, 0.2) is 5.76 Å². The maximum Gasteiger partial charge on any atom is 0.435 e. The fourth-order valence-electron chi connectivity index (χ4n) is 1.22. The summed E-state index contributed by atoms with van der Waals surface area (Å²) < 4.78 is 47.2. The summed E-state index contributed by atoms with van der Waals surface area (Å²) in [5.41, 5.74) is -3.77. The molecule has 0 fully saturated rings. The Morgan fingerprint density at radius 3 is 2.41 bits per heavy atom. The van der Waals surface area contributed by atoms with E-state index in [1.54, 1.807) is 0 Å². The Hall–Kier alpha value is -1.50. The van der Waals surface area contributed by atoms with E-state index in [1.807, 2.05) is 0 Å². The van der Waals surface area contributed by atoms with Crippen molar-refractivity contribution >= 4 is 5.97 Å². The van der Waals surface area contributed by atoms with Crippen LogP contribution < -0.4 is 0 Å². The zero-order valence-electron chi connectivity index (χ0n) is 9.17. The molecular formula is C10H11F3O4. The maximum absolute atomic E-state index is 12.8. The number of aliphatic hydroxyl groups is 1. The fourth-order valence-corrected chi connectivity index (χ4v) is 1.22. The van der Waals surface area contributed by atoms with Crippen molar-refractivity contribution in [2.75, 3.05) is 6.61 Å². The van der Waals surface area contributed by atoms with Crippen molar-refractivity contribution in [1.82, 2.24) is 0 Å². The Kier molecular flexibility index (Phi) is 3.51. The van der Waals surface area contributed by atoms with Gasteiger partial charge in [0.05, 0.1) is 6.61 Å². The van der Waals surface area contributed by atoms with Gasteiger partial charge < -0.3 is 14.3 Å². The highest BCUT2D eigenvalue weighted by molar-refractivity contribution is 5.81. The van der Waals surface area contributed by atoms with Crippen molar-refractivity contribution < 1.29 is 32.2 Å². The van der Waals surface area contributed by atoms with Crippen molar-refractivity contribution in [3.05, 3.63) is 23.7 Å². The zero-order valence-corrected chi connectivity index (χ0v) is 9.17. The van der Waals surface area contributed by atoms with Gasteiger partial charge in [0.2, 0.25) is 0 Å². The number of carbonyl (C=O) groups excluding carboxylic acids is 1. The number of carbonyl (C=O) groups is 1. The van der Waals surface area contributed by atoms with Crippen LogP contribution in [0.1, 0.15) is 18.4 Å². The highest BCUT2D eigenvalue weighted by atomic mass is 19.4. The van der Waals surface area contributed by atoms with Gasteiger partial charge in [0, 0.05) is 0 Å². The van der Waals surface area contributed by atoms with Crippen LogP contribution in [0, 0.1) is 6.92 Å². The van der Waals surface area contributed by atoms with Crippen LogP contribution in [0.4, 0.5) is 13.2 Å². The molecule has 1 heterocycles. The average Bonchev–Trinajstić information content (AvgIpc) is 2.62. The Morgan fingerprint density at radius 2 is 2.06 bits per heavy atom. The summed E-state index contributed by atoms with van der Waals surface area (Å²) in [6.45, 7) is 2.45. The number of ether oxygens (including phenoxy) is 1. The predicted molar refractivity (Wildman–Crippen MR) is 50.0 cm³/mol. The first-order chi connectivity index (χ1) is 7.73. The molecule has 0 amide bonds. The van der Waals surface area contributed by atoms with Gasteiger partial charge in [-0.05, 0) is 26.0 Å². The maximum atomic E-state index is 12.8. The van der Waals surface area contributed by atoms with Crippen molar-refractivity contribution in [2.45, 2.75) is 25.6 Å². The average molecular weight is 252 g/mol. The van der Waals surface area contributed by atoms with Crippen LogP contribution in [0.5, 0.6) is 0 Å².